The summed E-state index contributed by atoms with van der Waals surface area (Å²) in [5.74, 6) is 2.14. The van der Waals surface area contributed by atoms with Gasteiger partial charge in [0.25, 0.3) is 0 Å². The minimum absolute atomic E-state index is 0.788. The van der Waals surface area contributed by atoms with Gasteiger partial charge in [-0.25, -0.2) is 0 Å². The molecule has 1 N–H and O–H groups in total. The van der Waals surface area contributed by atoms with Crippen LogP contribution >= 0.6 is 11.8 Å². The van der Waals surface area contributed by atoms with Crippen molar-refractivity contribution in [3.05, 3.63) is 0 Å². The molecule has 1 saturated carbocycles. The first-order valence-electron chi connectivity index (χ1n) is 6.61. The summed E-state index contributed by atoms with van der Waals surface area (Å²) in [5, 5.41) is 4.50. The van der Waals surface area contributed by atoms with Gasteiger partial charge in [-0.05, 0) is 44.0 Å². The third kappa shape index (κ3) is 7.24. The molecule has 1 nitrogen and oxygen atoms in total. The molecular formula is C13H27NS. The second kappa shape index (κ2) is 8.46. The van der Waals surface area contributed by atoms with Crippen LogP contribution < -0.4 is 5.32 Å². The molecular weight excluding hydrogens is 202 g/mol. The van der Waals surface area contributed by atoms with Crippen LogP contribution in [-0.2, 0) is 0 Å². The van der Waals surface area contributed by atoms with E-state index in [0.717, 1.165) is 11.2 Å². The highest BCUT2D eigenvalue weighted by Crippen LogP contribution is 2.28. The van der Waals surface area contributed by atoms with E-state index in [9.17, 15) is 0 Å². The van der Waals surface area contributed by atoms with Crippen LogP contribution in [-0.4, -0.2) is 24.1 Å². The number of hydrogen-bond acceptors (Lipinski definition) is 2. The highest BCUT2D eigenvalue weighted by molar-refractivity contribution is 7.99. The zero-order valence-corrected chi connectivity index (χ0v) is 11.2. The van der Waals surface area contributed by atoms with E-state index < -0.39 is 0 Å². The van der Waals surface area contributed by atoms with Crippen molar-refractivity contribution in [3.63, 3.8) is 0 Å². The van der Waals surface area contributed by atoms with Gasteiger partial charge in [-0.2, -0.15) is 11.8 Å². The van der Waals surface area contributed by atoms with Gasteiger partial charge in [-0.1, -0.05) is 33.1 Å². The summed E-state index contributed by atoms with van der Waals surface area (Å²) in [6.07, 6.45) is 8.72. The Morgan fingerprint density at radius 2 is 1.93 bits per heavy atom. The summed E-state index contributed by atoms with van der Waals surface area (Å²) < 4.78 is 0. The standard InChI is InChI=1S/C13H27NS/c1-12(2)11-14-9-6-10-15-13-7-4-3-5-8-13/h12-14H,3-11H2,1-2H3. The van der Waals surface area contributed by atoms with Crippen molar-refractivity contribution in [1.29, 1.82) is 0 Å². The summed E-state index contributed by atoms with van der Waals surface area (Å²) >= 11 is 2.22. The van der Waals surface area contributed by atoms with Crippen LogP contribution in [0.15, 0.2) is 0 Å². The van der Waals surface area contributed by atoms with E-state index in [1.807, 2.05) is 0 Å². The minimum atomic E-state index is 0.788. The highest BCUT2D eigenvalue weighted by atomic mass is 32.2. The topological polar surface area (TPSA) is 12.0 Å². The van der Waals surface area contributed by atoms with E-state index in [1.165, 1.54) is 57.4 Å². The molecule has 0 amide bonds. The molecule has 0 aromatic rings. The van der Waals surface area contributed by atoms with Crippen molar-refractivity contribution in [2.75, 3.05) is 18.8 Å². The van der Waals surface area contributed by atoms with E-state index >= 15 is 0 Å². The van der Waals surface area contributed by atoms with Crippen molar-refractivity contribution in [3.8, 4) is 0 Å². The monoisotopic (exact) mass is 229 g/mol. The molecule has 0 aliphatic heterocycles. The maximum absolute atomic E-state index is 3.51. The molecule has 0 aromatic heterocycles. The van der Waals surface area contributed by atoms with Gasteiger partial charge in [0.1, 0.15) is 0 Å². The van der Waals surface area contributed by atoms with Crippen LogP contribution in [0.25, 0.3) is 0 Å². The van der Waals surface area contributed by atoms with Crippen LogP contribution in [0, 0.1) is 5.92 Å². The van der Waals surface area contributed by atoms with E-state index in [-0.39, 0.29) is 0 Å². The molecule has 0 saturated heterocycles. The zero-order chi connectivity index (χ0) is 10.9. The third-order valence-electron chi connectivity index (χ3n) is 2.96. The highest BCUT2D eigenvalue weighted by Gasteiger charge is 2.12. The molecule has 0 aromatic carbocycles. The first-order valence-corrected chi connectivity index (χ1v) is 7.66. The number of hydrogen-bond donors (Lipinski definition) is 1. The smallest absolute Gasteiger partial charge is 0.00470 e. The van der Waals surface area contributed by atoms with Gasteiger partial charge in [0.2, 0.25) is 0 Å². The number of rotatable bonds is 7. The lowest BCUT2D eigenvalue weighted by atomic mass is 10.0. The Hall–Kier alpha value is 0.310. The van der Waals surface area contributed by atoms with Crippen molar-refractivity contribution in [1.82, 2.24) is 5.32 Å². The summed E-state index contributed by atoms with van der Waals surface area (Å²) in [6.45, 7) is 6.92. The Balaban J connectivity index is 1.83. The second-order valence-corrected chi connectivity index (χ2v) is 6.49. The first-order chi connectivity index (χ1) is 7.29. The maximum atomic E-state index is 3.51. The predicted octanol–water partition coefficient (Wildman–Crippen LogP) is 3.69. The third-order valence-corrected chi connectivity index (χ3v) is 4.42. The SMILES string of the molecule is CC(C)CNCCCSC1CCCCC1. The Morgan fingerprint density at radius 3 is 2.60 bits per heavy atom. The van der Waals surface area contributed by atoms with E-state index in [1.54, 1.807) is 0 Å². The average Bonchev–Trinajstić information content (AvgIpc) is 2.24. The maximum Gasteiger partial charge on any atom is 0.00470 e. The predicted molar refractivity (Wildman–Crippen MR) is 71.7 cm³/mol. The lowest BCUT2D eigenvalue weighted by molar-refractivity contribution is 0.515. The Morgan fingerprint density at radius 1 is 1.20 bits per heavy atom. The van der Waals surface area contributed by atoms with Crippen LogP contribution in [0.4, 0.5) is 0 Å². The molecule has 1 rings (SSSR count). The largest absolute Gasteiger partial charge is 0.316 e. The van der Waals surface area contributed by atoms with E-state index in [4.69, 9.17) is 0 Å². The summed E-state index contributed by atoms with van der Waals surface area (Å²) in [7, 11) is 0. The van der Waals surface area contributed by atoms with Crippen LogP contribution in [0.3, 0.4) is 0 Å². The Labute approximate surface area is 99.8 Å². The van der Waals surface area contributed by atoms with E-state index in [0.29, 0.717) is 0 Å². The quantitative estimate of drug-likeness (QED) is 0.668. The van der Waals surface area contributed by atoms with Gasteiger partial charge < -0.3 is 5.32 Å². The molecule has 0 unspecified atom stereocenters. The van der Waals surface area contributed by atoms with E-state index in [2.05, 4.69) is 30.9 Å². The summed E-state index contributed by atoms with van der Waals surface area (Å²) in [4.78, 5) is 0. The Kier molecular flexibility index (Phi) is 7.54. The summed E-state index contributed by atoms with van der Waals surface area (Å²) in [5.41, 5.74) is 0. The number of thioether (sulfide) groups is 1. The van der Waals surface area contributed by atoms with Gasteiger partial charge >= 0.3 is 0 Å². The van der Waals surface area contributed by atoms with Gasteiger partial charge in [0.05, 0.1) is 0 Å². The lowest BCUT2D eigenvalue weighted by Crippen LogP contribution is -2.21. The van der Waals surface area contributed by atoms with Crippen LogP contribution in [0.5, 0.6) is 0 Å². The van der Waals surface area contributed by atoms with Crippen molar-refractivity contribution < 1.29 is 0 Å². The van der Waals surface area contributed by atoms with Gasteiger partial charge in [0, 0.05) is 5.25 Å². The fourth-order valence-electron chi connectivity index (χ4n) is 2.07. The fourth-order valence-corrected chi connectivity index (χ4v) is 3.38. The molecule has 0 radical (unpaired) electrons. The van der Waals surface area contributed by atoms with Crippen molar-refractivity contribution in [2.45, 2.75) is 57.6 Å². The normalized spacial score (nSPS) is 18.6. The lowest BCUT2D eigenvalue weighted by Gasteiger charge is -2.20. The minimum Gasteiger partial charge on any atom is -0.316 e. The van der Waals surface area contributed by atoms with Crippen molar-refractivity contribution in [2.24, 2.45) is 5.92 Å². The molecule has 0 atom stereocenters. The summed E-state index contributed by atoms with van der Waals surface area (Å²) in [6, 6.07) is 0. The molecule has 0 spiro atoms. The molecule has 0 bridgehead atoms. The van der Waals surface area contributed by atoms with Crippen LogP contribution in [0.2, 0.25) is 0 Å². The Bertz CT molecular complexity index is 141. The molecule has 1 fully saturated rings. The second-order valence-electron chi connectivity index (χ2n) is 5.08. The van der Waals surface area contributed by atoms with Crippen molar-refractivity contribution >= 4 is 11.8 Å². The molecule has 1 aliphatic carbocycles. The molecule has 90 valence electrons. The molecule has 15 heavy (non-hydrogen) atoms. The molecule has 0 heterocycles. The zero-order valence-electron chi connectivity index (χ0n) is 10.4. The average molecular weight is 229 g/mol. The van der Waals surface area contributed by atoms with Gasteiger partial charge in [-0.15, -0.1) is 0 Å². The fraction of sp³-hybridized carbons (Fsp3) is 1.00. The van der Waals surface area contributed by atoms with Gasteiger partial charge in [-0.3, -0.25) is 0 Å². The first kappa shape index (κ1) is 13.4. The number of nitrogens with one attached hydrogen (secondary N) is 1. The molecule has 2 heteroatoms. The molecule has 1 aliphatic rings. The van der Waals surface area contributed by atoms with Gasteiger partial charge in [0.15, 0.2) is 0 Å². The van der Waals surface area contributed by atoms with Crippen LogP contribution in [0.1, 0.15) is 52.4 Å².